The van der Waals surface area contributed by atoms with Crippen molar-refractivity contribution in [3.8, 4) is 0 Å². The normalized spacial score (nSPS) is 14.1. The van der Waals surface area contributed by atoms with Crippen LogP contribution in [0.15, 0.2) is 36.7 Å². The van der Waals surface area contributed by atoms with Crippen LogP contribution in [0, 0.1) is 0 Å². The lowest BCUT2D eigenvalue weighted by Gasteiger charge is -2.29. The number of carbonyl (C=O) groups excluding carboxylic acids is 1. The van der Waals surface area contributed by atoms with E-state index in [9.17, 15) is 4.79 Å². The van der Waals surface area contributed by atoms with Crippen molar-refractivity contribution in [2.24, 2.45) is 0 Å². The molecule has 0 saturated carbocycles. The number of rotatable bonds is 4. The van der Waals surface area contributed by atoms with Crippen LogP contribution in [0.25, 0.3) is 0 Å². The predicted octanol–water partition coefficient (Wildman–Crippen LogP) is 1.48. The molecule has 0 unspecified atom stereocenters. The third kappa shape index (κ3) is 2.72. The minimum absolute atomic E-state index is 0.115. The number of imidazole rings is 1. The van der Waals surface area contributed by atoms with Crippen LogP contribution in [0.3, 0.4) is 0 Å². The van der Waals surface area contributed by atoms with Gasteiger partial charge in [-0.25, -0.2) is 4.98 Å². The lowest BCUT2D eigenvalue weighted by Crippen LogP contribution is -2.41. The first-order valence-electron chi connectivity index (χ1n) is 6.92. The molecule has 2 heterocycles. The number of amides is 1. The summed E-state index contributed by atoms with van der Waals surface area (Å²) in [5.74, 6) is 0.959. The predicted molar refractivity (Wildman–Crippen MR) is 77.4 cm³/mol. The number of anilines is 1. The van der Waals surface area contributed by atoms with Gasteiger partial charge in [0.25, 0.3) is 0 Å². The Bertz CT molecular complexity index is 579. The Labute approximate surface area is 118 Å². The number of aryl methyl sites for hydroxylation is 1. The molecule has 1 aromatic carbocycles. The number of hydrogen-bond acceptors (Lipinski definition) is 3. The molecule has 0 fully saturated rings. The number of nitrogens with one attached hydrogen (secondary N) is 2. The molecule has 0 spiro atoms. The van der Waals surface area contributed by atoms with Crippen LogP contribution in [-0.2, 0) is 17.8 Å². The van der Waals surface area contributed by atoms with Crippen LogP contribution in [0.4, 0.5) is 5.69 Å². The maximum Gasteiger partial charge on any atom is 0.240 e. The molecule has 5 nitrogen and oxygen atoms in total. The van der Waals surface area contributed by atoms with E-state index in [1.54, 1.807) is 12.4 Å². The van der Waals surface area contributed by atoms with E-state index in [-0.39, 0.29) is 5.91 Å². The molecule has 1 amide bonds. The number of para-hydroxylation sites is 1. The van der Waals surface area contributed by atoms with Crippen molar-refractivity contribution < 1.29 is 4.79 Å². The van der Waals surface area contributed by atoms with Gasteiger partial charge in [-0.15, -0.1) is 0 Å². The quantitative estimate of drug-likeness (QED) is 0.884. The highest BCUT2D eigenvalue weighted by atomic mass is 16.2. The Morgan fingerprint density at radius 2 is 2.30 bits per heavy atom. The zero-order valence-electron chi connectivity index (χ0n) is 11.3. The van der Waals surface area contributed by atoms with Gasteiger partial charge in [-0.2, -0.15) is 0 Å². The molecule has 1 aliphatic heterocycles. The molecular formula is C15H18N4O. The molecule has 0 aliphatic carbocycles. The first kappa shape index (κ1) is 12.9. The van der Waals surface area contributed by atoms with Gasteiger partial charge in [-0.1, -0.05) is 18.2 Å². The molecule has 0 bridgehead atoms. The lowest BCUT2D eigenvalue weighted by atomic mass is 10.0. The van der Waals surface area contributed by atoms with Gasteiger partial charge in [0.15, 0.2) is 0 Å². The van der Waals surface area contributed by atoms with Crippen molar-refractivity contribution >= 4 is 11.6 Å². The molecular weight excluding hydrogens is 252 g/mol. The van der Waals surface area contributed by atoms with Crippen molar-refractivity contribution in [3.05, 3.63) is 48.0 Å². The fourth-order valence-corrected chi connectivity index (χ4v) is 2.57. The summed E-state index contributed by atoms with van der Waals surface area (Å²) < 4.78 is 0. The van der Waals surface area contributed by atoms with Gasteiger partial charge >= 0.3 is 0 Å². The van der Waals surface area contributed by atoms with Crippen LogP contribution in [0.1, 0.15) is 17.8 Å². The summed E-state index contributed by atoms with van der Waals surface area (Å²) in [4.78, 5) is 21.3. The maximum absolute atomic E-state index is 12.3. The van der Waals surface area contributed by atoms with Gasteiger partial charge in [0.1, 0.15) is 5.82 Å². The molecule has 1 aromatic heterocycles. The Morgan fingerprint density at radius 3 is 3.15 bits per heavy atom. The van der Waals surface area contributed by atoms with Crippen LogP contribution in [0.5, 0.6) is 0 Å². The minimum atomic E-state index is 0.115. The van der Waals surface area contributed by atoms with E-state index in [4.69, 9.17) is 0 Å². The second-order valence-electron chi connectivity index (χ2n) is 4.92. The highest BCUT2D eigenvalue weighted by molar-refractivity contribution is 5.95. The van der Waals surface area contributed by atoms with E-state index in [1.165, 1.54) is 5.56 Å². The van der Waals surface area contributed by atoms with E-state index in [0.717, 1.165) is 30.9 Å². The molecule has 104 valence electrons. The maximum atomic E-state index is 12.3. The second-order valence-corrected chi connectivity index (χ2v) is 4.92. The van der Waals surface area contributed by atoms with Gasteiger partial charge < -0.3 is 15.2 Å². The summed E-state index contributed by atoms with van der Waals surface area (Å²) in [6, 6.07) is 8.15. The SMILES string of the molecule is O=C(CNCc1ncc[nH]1)N1CCCc2ccccc21. The number of aromatic nitrogens is 2. The Balaban J connectivity index is 1.60. The third-order valence-corrected chi connectivity index (χ3v) is 3.53. The van der Waals surface area contributed by atoms with Crippen molar-refractivity contribution in [1.82, 2.24) is 15.3 Å². The minimum Gasteiger partial charge on any atom is -0.348 e. The zero-order valence-corrected chi connectivity index (χ0v) is 11.3. The Morgan fingerprint density at radius 1 is 1.40 bits per heavy atom. The number of hydrogen-bond donors (Lipinski definition) is 2. The number of aromatic amines is 1. The van der Waals surface area contributed by atoms with Crippen LogP contribution < -0.4 is 10.2 Å². The van der Waals surface area contributed by atoms with E-state index >= 15 is 0 Å². The molecule has 3 rings (SSSR count). The van der Waals surface area contributed by atoms with Crippen molar-refractivity contribution in [2.45, 2.75) is 19.4 Å². The van der Waals surface area contributed by atoms with Crippen molar-refractivity contribution in [1.29, 1.82) is 0 Å². The summed E-state index contributed by atoms with van der Waals surface area (Å²) in [7, 11) is 0. The van der Waals surface area contributed by atoms with Crippen LogP contribution in [-0.4, -0.2) is 29.0 Å². The molecule has 5 heteroatoms. The summed E-state index contributed by atoms with van der Waals surface area (Å²) in [5, 5.41) is 3.13. The fraction of sp³-hybridized carbons (Fsp3) is 0.333. The van der Waals surface area contributed by atoms with Gasteiger partial charge in [-0.05, 0) is 24.5 Å². The lowest BCUT2D eigenvalue weighted by molar-refractivity contribution is -0.117. The van der Waals surface area contributed by atoms with E-state index in [0.29, 0.717) is 13.1 Å². The molecule has 2 aromatic rings. The van der Waals surface area contributed by atoms with Gasteiger partial charge in [-0.3, -0.25) is 4.79 Å². The van der Waals surface area contributed by atoms with Gasteiger partial charge in [0.05, 0.1) is 13.1 Å². The average Bonchev–Trinajstić information content (AvgIpc) is 3.00. The van der Waals surface area contributed by atoms with E-state index in [1.807, 2.05) is 23.1 Å². The topological polar surface area (TPSA) is 61.0 Å². The van der Waals surface area contributed by atoms with E-state index in [2.05, 4.69) is 21.4 Å². The van der Waals surface area contributed by atoms with Crippen molar-refractivity contribution in [3.63, 3.8) is 0 Å². The van der Waals surface area contributed by atoms with E-state index < -0.39 is 0 Å². The fourth-order valence-electron chi connectivity index (χ4n) is 2.57. The van der Waals surface area contributed by atoms with Crippen molar-refractivity contribution in [2.75, 3.05) is 18.0 Å². The zero-order chi connectivity index (χ0) is 13.8. The monoisotopic (exact) mass is 270 g/mol. The molecule has 20 heavy (non-hydrogen) atoms. The largest absolute Gasteiger partial charge is 0.348 e. The third-order valence-electron chi connectivity index (χ3n) is 3.53. The smallest absolute Gasteiger partial charge is 0.240 e. The number of fused-ring (bicyclic) bond motifs is 1. The Hall–Kier alpha value is -2.14. The summed E-state index contributed by atoms with van der Waals surface area (Å²) >= 11 is 0. The first-order chi connectivity index (χ1) is 9.84. The van der Waals surface area contributed by atoms with Crippen LogP contribution >= 0.6 is 0 Å². The first-order valence-corrected chi connectivity index (χ1v) is 6.92. The summed E-state index contributed by atoms with van der Waals surface area (Å²) in [5.41, 5.74) is 2.32. The Kier molecular flexibility index (Phi) is 3.78. The summed E-state index contributed by atoms with van der Waals surface area (Å²) in [6.07, 6.45) is 5.57. The molecule has 2 N–H and O–H groups in total. The van der Waals surface area contributed by atoms with Crippen LogP contribution in [0.2, 0.25) is 0 Å². The highest BCUT2D eigenvalue weighted by Gasteiger charge is 2.21. The number of nitrogens with zero attached hydrogens (tertiary/aromatic N) is 2. The summed E-state index contributed by atoms with van der Waals surface area (Å²) in [6.45, 7) is 1.71. The molecule has 0 atom stereocenters. The average molecular weight is 270 g/mol. The standard InChI is InChI=1S/C15H18N4O/c20-15(11-16-10-14-17-7-8-18-14)19-9-3-5-12-4-1-2-6-13(12)19/h1-2,4,6-8,16H,3,5,9-11H2,(H,17,18). The number of carbonyl (C=O) groups is 1. The van der Waals surface area contributed by atoms with Gasteiger partial charge in [0, 0.05) is 24.6 Å². The second kappa shape index (κ2) is 5.88. The highest BCUT2D eigenvalue weighted by Crippen LogP contribution is 2.26. The molecule has 0 saturated heterocycles. The van der Waals surface area contributed by atoms with Gasteiger partial charge in [0.2, 0.25) is 5.91 Å². The number of H-pyrrole nitrogens is 1. The molecule has 1 aliphatic rings. The molecule has 0 radical (unpaired) electrons. The number of benzene rings is 1.